The molecule has 0 radical (unpaired) electrons. The van der Waals surface area contributed by atoms with Crippen LogP contribution in [-0.4, -0.2) is 70.0 Å². The highest BCUT2D eigenvalue weighted by molar-refractivity contribution is 7.45. The van der Waals surface area contributed by atoms with Crippen LogP contribution in [0.3, 0.4) is 0 Å². The summed E-state index contributed by atoms with van der Waals surface area (Å²) < 4.78 is 33.9. The van der Waals surface area contributed by atoms with Gasteiger partial charge in [0.25, 0.3) is 7.82 Å². The van der Waals surface area contributed by atoms with Crippen molar-refractivity contribution < 1.29 is 42.1 Å². The van der Waals surface area contributed by atoms with Gasteiger partial charge in [0.2, 0.25) is 0 Å². The van der Waals surface area contributed by atoms with Crippen LogP contribution in [0.4, 0.5) is 0 Å². The topological polar surface area (TPSA) is 111 Å². The van der Waals surface area contributed by atoms with E-state index >= 15 is 0 Å². The van der Waals surface area contributed by atoms with E-state index in [0.717, 1.165) is 57.8 Å². The normalized spacial score (nSPS) is 13.8. The Kier molecular flexibility index (Phi) is 36.1. The molecule has 0 saturated heterocycles. The fourth-order valence-electron chi connectivity index (χ4n) is 5.98. The summed E-state index contributed by atoms with van der Waals surface area (Å²) in [5, 5.41) is 0. The second kappa shape index (κ2) is 37.1. The lowest BCUT2D eigenvalue weighted by molar-refractivity contribution is -0.870. The zero-order valence-electron chi connectivity index (χ0n) is 35.7. The summed E-state index contributed by atoms with van der Waals surface area (Å²) in [6, 6.07) is 0. The fraction of sp³-hybridized carbons (Fsp3) is 0.864. The minimum Gasteiger partial charge on any atom is -0.756 e. The van der Waals surface area contributed by atoms with Crippen LogP contribution in [0.1, 0.15) is 194 Å². The predicted molar refractivity (Wildman–Crippen MR) is 222 cm³/mol. The number of carbonyl (C=O) groups excluding carboxylic acids is 2. The van der Waals surface area contributed by atoms with E-state index in [2.05, 4.69) is 38.2 Å². The maximum Gasteiger partial charge on any atom is 0.306 e. The number of phosphoric acid groups is 1. The third-order valence-corrected chi connectivity index (χ3v) is 10.4. The zero-order chi connectivity index (χ0) is 40.0. The van der Waals surface area contributed by atoms with Gasteiger partial charge in [-0.2, -0.15) is 0 Å². The molecule has 54 heavy (non-hydrogen) atoms. The van der Waals surface area contributed by atoms with Crippen LogP contribution in [0.2, 0.25) is 0 Å². The molecule has 10 heteroatoms. The number of esters is 2. The average molecular weight is 786 g/mol. The van der Waals surface area contributed by atoms with Crippen LogP contribution < -0.4 is 4.89 Å². The van der Waals surface area contributed by atoms with Crippen LogP contribution in [-0.2, 0) is 32.7 Å². The summed E-state index contributed by atoms with van der Waals surface area (Å²) in [5.74, 6) is -0.844. The number of rotatable bonds is 40. The van der Waals surface area contributed by atoms with Crippen molar-refractivity contribution in [3.63, 3.8) is 0 Å². The lowest BCUT2D eigenvalue weighted by Crippen LogP contribution is -2.37. The van der Waals surface area contributed by atoms with E-state index in [1.807, 2.05) is 21.1 Å². The highest BCUT2D eigenvalue weighted by Crippen LogP contribution is 2.38. The van der Waals surface area contributed by atoms with Gasteiger partial charge in [0.15, 0.2) is 6.10 Å². The summed E-state index contributed by atoms with van der Waals surface area (Å²) in [5.41, 5.74) is 0. The van der Waals surface area contributed by atoms with Crippen molar-refractivity contribution in [1.82, 2.24) is 0 Å². The van der Waals surface area contributed by atoms with E-state index in [9.17, 15) is 19.0 Å². The van der Waals surface area contributed by atoms with Crippen molar-refractivity contribution in [3.8, 4) is 0 Å². The molecule has 0 fully saturated rings. The highest BCUT2D eigenvalue weighted by Gasteiger charge is 2.21. The van der Waals surface area contributed by atoms with Crippen LogP contribution in [0, 0.1) is 0 Å². The quantitative estimate of drug-likeness (QED) is 0.0198. The number of hydrogen-bond acceptors (Lipinski definition) is 8. The largest absolute Gasteiger partial charge is 0.756 e. The van der Waals surface area contributed by atoms with E-state index in [-0.39, 0.29) is 32.0 Å². The summed E-state index contributed by atoms with van der Waals surface area (Å²) in [7, 11) is 1.16. The van der Waals surface area contributed by atoms with E-state index in [0.29, 0.717) is 17.4 Å². The minimum atomic E-state index is -4.62. The molecular formula is C44H84NO8P. The van der Waals surface area contributed by atoms with Crippen molar-refractivity contribution in [2.75, 3.05) is 47.5 Å². The van der Waals surface area contributed by atoms with E-state index in [1.165, 1.54) is 103 Å². The molecule has 0 aliphatic rings. The second-order valence-corrected chi connectivity index (χ2v) is 17.5. The van der Waals surface area contributed by atoms with Gasteiger partial charge in [0, 0.05) is 12.8 Å². The first-order valence-corrected chi connectivity index (χ1v) is 23.5. The molecule has 1 unspecified atom stereocenters. The van der Waals surface area contributed by atoms with Crippen LogP contribution in [0.25, 0.3) is 0 Å². The first kappa shape index (κ1) is 52.5. The van der Waals surface area contributed by atoms with Crippen molar-refractivity contribution in [2.45, 2.75) is 200 Å². The van der Waals surface area contributed by atoms with E-state index in [4.69, 9.17) is 18.5 Å². The van der Waals surface area contributed by atoms with Gasteiger partial charge in [-0.1, -0.05) is 160 Å². The molecule has 0 aliphatic heterocycles. The molecule has 0 spiro atoms. The van der Waals surface area contributed by atoms with E-state index < -0.39 is 26.5 Å². The molecule has 0 rings (SSSR count). The number of phosphoric ester groups is 1. The standard InChI is InChI=1S/C44H84NO8P/c1-6-8-10-12-14-16-18-20-22-24-26-28-30-32-34-36-43(46)50-40-42(41-52-54(48,49)51-39-38-45(3,4)5)53-44(47)37-35-33-31-29-27-25-23-21-19-17-15-13-11-9-7-2/h15,17,21,23,42H,6-14,16,18-20,22,24-41H2,1-5H3/b17-15-,23-21-/t42-/m1/s1. The SMILES string of the molecule is CCCCC/C=C\C/C=C\CCCCCCCC(=O)O[C@H](COC(=O)CCCCCCCCCCCCCCCCC)COP(=O)([O-])OCC[N+](C)(C)C. The van der Waals surface area contributed by atoms with Crippen molar-refractivity contribution in [1.29, 1.82) is 0 Å². The van der Waals surface area contributed by atoms with Crippen molar-refractivity contribution >= 4 is 19.8 Å². The summed E-state index contributed by atoms with van der Waals surface area (Å²) in [6.07, 6.45) is 39.1. The fourth-order valence-corrected chi connectivity index (χ4v) is 6.71. The molecule has 0 aromatic rings. The van der Waals surface area contributed by atoms with Gasteiger partial charge < -0.3 is 27.9 Å². The first-order valence-electron chi connectivity index (χ1n) is 22.0. The summed E-state index contributed by atoms with van der Waals surface area (Å²) >= 11 is 0. The number of allylic oxidation sites excluding steroid dienone is 4. The number of hydrogen-bond donors (Lipinski definition) is 0. The molecule has 9 nitrogen and oxygen atoms in total. The molecule has 2 atom stereocenters. The van der Waals surface area contributed by atoms with Crippen molar-refractivity contribution in [3.05, 3.63) is 24.3 Å². The summed E-state index contributed by atoms with van der Waals surface area (Å²) in [6.45, 7) is 4.20. The Morgan fingerprint density at radius 2 is 1.00 bits per heavy atom. The Labute approximate surface area is 332 Å². The predicted octanol–water partition coefficient (Wildman–Crippen LogP) is 11.7. The first-order chi connectivity index (χ1) is 26.0. The van der Waals surface area contributed by atoms with Gasteiger partial charge in [-0.3, -0.25) is 14.2 Å². The Hall–Kier alpha value is -1.51. The van der Waals surface area contributed by atoms with Gasteiger partial charge in [-0.05, 0) is 44.9 Å². The average Bonchev–Trinajstić information content (AvgIpc) is 3.12. The summed E-state index contributed by atoms with van der Waals surface area (Å²) in [4.78, 5) is 37.5. The molecule has 0 aliphatic carbocycles. The van der Waals surface area contributed by atoms with Gasteiger partial charge in [-0.25, -0.2) is 0 Å². The molecular weight excluding hydrogens is 701 g/mol. The number of ether oxygens (including phenoxy) is 2. The Balaban J connectivity index is 4.37. The smallest absolute Gasteiger partial charge is 0.306 e. The highest BCUT2D eigenvalue weighted by atomic mass is 31.2. The third-order valence-electron chi connectivity index (χ3n) is 9.47. The molecule has 0 saturated carbocycles. The molecule has 0 aromatic heterocycles. The lowest BCUT2D eigenvalue weighted by Gasteiger charge is -2.28. The Morgan fingerprint density at radius 1 is 0.574 bits per heavy atom. The number of likely N-dealkylation sites (N-methyl/N-ethyl adjacent to an activating group) is 1. The molecule has 0 heterocycles. The molecule has 0 amide bonds. The van der Waals surface area contributed by atoms with Gasteiger partial charge in [0.05, 0.1) is 27.7 Å². The minimum absolute atomic E-state index is 0.0319. The maximum absolute atomic E-state index is 12.7. The second-order valence-electron chi connectivity index (χ2n) is 16.1. The van der Waals surface area contributed by atoms with Gasteiger partial charge in [0.1, 0.15) is 19.8 Å². The molecule has 0 N–H and O–H groups in total. The van der Waals surface area contributed by atoms with Crippen LogP contribution in [0.15, 0.2) is 24.3 Å². The lowest BCUT2D eigenvalue weighted by atomic mass is 10.0. The van der Waals surface area contributed by atoms with Gasteiger partial charge >= 0.3 is 11.9 Å². The number of carbonyl (C=O) groups is 2. The monoisotopic (exact) mass is 786 g/mol. The zero-order valence-corrected chi connectivity index (χ0v) is 36.6. The maximum atomic E-state index is 12.7. The number of quaternary nitrogens is 1. The van der Waals surface area contributed by atoms with Crippen LogP contribution >= 0.6 is 7.82 Å². The Morgan fingerprint density at radius 3 is 1.50 bits per heavy atom. The Bertz CT molecular complexity index is 980. The van der Waals surface area contributed by atoms with Gasteiger partial charge in [-0.15, -0.1) is 0 Å². The van der Waals surface area contributed by atoms with Crippen molar-refractivity contribution in [2.24, 2.45) is 0 Å². The number of nitrogens with zero attached hydrogens (tertiary/aromatic N) is 1. The molecule has 0 bridgehead atoms. The van der Waals surface area contributed by atoms with E-state index in [1.54, 1.807) is 0 Å². The third kappa shape index (κ3) is 40.2. The molecule has 318 valence electrons. The van der Waals surface area contributed by atoms with Crippen LogP contribution in [0.5, 0.6) is 0 Å². The number of unbranched alkanes of at least 4 members (excludes halogenated alkanes) is 22. The molecule has 0 aromatic carbocycles.